The fraction of sp³-hybridized carbons (Fsp3) is 0.167. The lowest BCUT2D eigenvalue weighted by Crippen LogP contribution is -2.17. The predicted octanol–water partition coefficient (Wildman–Crippen LogP) is 3.72. The highest BCUT2D eigenvalue weighted by molar-refractivity contribution is 5.66. The normalized spacial score (nSPS) is 10.6. The van der Waals surface area contributed by atoms with E-state index >= 15 is 0 Å². The van der Waals surface area contributed by atoms with Crippen molar-refractivity contribution in [2.75, 3.05) is 11.9 Å². The fourth-order valence-electron chi connectivity index (χ4n) is 2.41. The van der Waals surface area contributed by atoms with Crippen LogP contribution in [0.5, 0.6) is 0 Å². The minimum absolute atomic E-state index is 0.848. The van der Waals surface area contributed by atoms with Gasteiger partial charge in [0.1, 0.15) is 0 Å². The molecule has 3 aromatic rings. The molecule has 21 heavy (non-hydrogen) atoms. The molecule has 0 aliphatic heterocycles. The molecule has 1 heterocycles. The van der Waals surface area contributed by atoms with Crippen molar-refractivity contribution in [1.82, 2.24) is 9.55 Å². The van der Waals surface area contributed by atoms with Gasteiger partial charge in [-0.1, -0.05) is 42.5 Å². The number of hydrogen-bond donors (Lipinski definition) is 0. The molecule has 3 rings (SSSR count). The van der Waals surface area contributed by atoms with Gasteiger partial charge in [0, 0.05) is 26.0 Å². The van der Waals surface area contributed by atoms with E-state index in [9.17, 15) is 0 Å². The molecule has 0 aliphatic rings. The number of rotatable bonds is 4. The molecule has 0 fully saturated rings. The van der Waals surface area contributed by atoms with Crippen LogP contribution in [-0.2, 0) is 13.6 Å². The lowest BCUT2D eigenvalue weighted by Gasteiger charge is -2.19. The summed E-state index contributed by atoms with van der Waals surface area (Å²) in [5, 5.41) is 0. The standard InChI is InChI=1S/C18H19N3/c1-20(13-18-12-19-14-21(18)2)17-10-8-16(9-11-17)15-6-4-3-5-7-15/h3-12,14H,13H2,1-2H3. The Morgan fingerprint density at radius 2 is 1.62 bits per heavy atom. The lowest BCUT2D eigenvalue weighted by molar-refractivity contribution is 0.788. The van der Waals surface area contributed by atoms with Gasteiger partial charge in [-0.25, -0.2) is 4.98 Å². The molecule has 0 spiro atoms. The van der Waals surface area contributed by atoms with Gasteiger partial charge in [-0.2, -0.15) is 0 Å². The molecule has 2 aromatic carbocycles. The molecule has 0 N–H and O–H groups in total. The van der Waals surface area contributed by atoms with Crippen molar-refractivity contribution in [3.05, 3.63) is 72.8 Å². The van der Waals surface area contributed by atoms with Gasteiger partial charge in [-0.05, 0) is 23.3 Å². The van der Waals surface area contributed by atoms with Crippen molar-refractivity contribution < 1.29 is 0 Å². The topological polar surface area (TPSA) is 21.1 Å². The smallest absolute Gasteiger partial charge is 0.0946 e. The number of aryl methyl sites for hydroxylation is 1. The number of anilines is 1. The number of benzene rings is 2. The molecule has 3 nitrogen and oxygen atoms in total. The number of nitrogens with zero attached hydrogens (tertiary/aromatic N) is 3. The predicted molar refractivity (Wildman–Crippen MR) is 87.2 cm³/mol. The highest BCUT2D eigenvalue weighted by Crippen LogP contribution is 2.23. The average molecular weight is 277 g/mol. The third kappa shape index (κ3) is 2.97. The summed E-state index contributed by atoms with van der Waals surface area (Å²) < 4.78 is 2.05. The molecule has 3 heteroatoms. The third-order valence-corrected chi connectivity index (χ3v) is 3.73. The third-order valence-electron chi connectivity index (χ3n) is 3.73. The first-order valence-electron chi connectivity index (χ1n) is 7.06. The van der Waals surface area contributed by atoms with Crippen molar-refractivity contribution in [1.29, 1.82) is 0 Å². The Balaban J connectivity index is 1.76. The van der Waals surface area contributed by atoms with Crippen LogP contribution < -0.4 is 4.90 Å². The second-order valence-corrected chi connectivity index (χ2v) is 5.26. The monoisotopic (exact) mass is 277 g/mol. The van der Waals surface area contributed by atoms with Crippen molar-refractivity contribution in [2.45, 2.75) is 6.54 Å². The van der Waals surface area contributed by atoms with E-state index in [1.54, 1.807) is 0 Å². The zero-order valence-corrected chi connectivity index (χ0v) is 12.4. The molecule has 0 amide bonds. The molecular weight excluding hydrogens is 258 g/mol. The number of hydrogen-bond acceptors (Lipinski definition) is 2. The van der Waals surface area contributed by atoms with Gasteiger partial charge in [0.15, 0.2) is 0 Å². The van der Waals surface area contributed by atoms with E-state index in [1.165, 1.54) is 22.5 Å². The van der Waals surface area contributed by atoms with E-state index in [0.717, 1.165) is 6.54 Å². The van der Waals surface area contributed by atoms with Gasteiger partial charge in [-0.3, -0.25) is 0 Å². The van der Waals surface area contributed by atoms with E-state index < -0.39 is 0 Å². The van der Waals surface area contributed by atoms with Gasteiger partial charge in [0.05, 0.1) is 18.6 Å². The zero-order chi connectivity index (χ0) is 14.7. The minimum Gasteiger partial charge on any atom is -0.369 e. The van der Waals surface area contributed by atoms with Crippen LogP contribution in [-0.4, -0.2) is 16.6 Å². The Labute approximate surface area is 125 Å². The summed E-state index contributed by atoms with van der Waals surface area (Å²) in [7, 11) is 4.12. The van der Waals surface area contributed by atoms with Crippen LogP contribution in [0, 0.1) is 0 Å². The van der Waals surface area contributed by atoms with Crippen LogP contribution in [0.3, 0.4) is 0 Å². The van der Waals surface area contributed by atoms with Gasteiger partial charge < -0.3 is 9.47 Å². The maximum atomic E-state index is 4.16. The second kappa shape index (κ2) is 5.83. The van der Waals surface area contributed by atoms with Crippen LogP contribution >= 0.6 is 0 Å². The van der Waals surface area contributed by atoms with E-state index in [2.05, 4.69) is 70.0 Å². The zero-order valence-electron chi connectivity index (χ0n) is 12.4. The lowest BCUT2D eigenvalue weighted by atomic mass is 10.1. The maximum Gasteiger partial charge on any atom is 0.0946 e. The van der Waals surface area contributed by atoms with Crippen LogP contribution in [0.15, 0.2) is 67.1 Å². The largest absolute Gasteiger partial charge is 0.369 e. The summed E-state index contributed by atoms with van der Waals surface area (Å²) in [5.41, 5.74) is 4.90. The first kappa shape index (κ1) is 13.4. The van der Waals surface area contributed by atoms with E-state index in [0.29, 0.717) is 0 Å². The van der Waals surface area contributed by atoms with Crippen molar-refractivity contribution in [3.63, 3.8) is 0 Å². The van der Waals surface area contributed by atoms with E-state index in [1.807, 2.05) is 25.6 Å². The fourth-order valence-corrected chi connectivity index (χ4v) is 2.41. The molecule has 0 bridgehead atoms. The summed E-state index contributed by atoms with van der Waals surface area (Å²) in [4.78, 5) is 6.39. The summed E-state index contributed by atoms with van der Waals surface area (Å²) in [5.74, 6) is 0. The maximum absolute atomic E-state index is 4.16. The Morgan fingerprint density at radius 1 is 0.952 bits per heavy atom. The molecule has 0 atom stereocenters. The van der Waals surface area contributed by atoms with Gasteiger partial charge in [0.25, 0.3) is 0 Å². The quantitative estimate of drug-likeness (QED) is 0.724. The van der Waals surface area contributed by atoms with E-state index in [4.69, 9.17) is 0 Å². The average Bonchev–Trinajstić information content (AvgIpc) is 2.93. The van der Waals surface area contributed by atoms with E-state index in [-0.39, 0.29) is 0 Å². The Morgan fingerprint density at radius 3 is 2.24 bits per heavy atom. The molecule has 0 aliphatic carbocycles. The Bertz CT molecular complexity index is 699. The van der Waals surface area contributed by atoms with Gasteiger partial charge >= 0.3 is 0 Å². The summed E-state index contributed by atoms with van der Waals surface area (Å²) in [6.07, 6.45) is 3.75. The minimum atomic E-state index is 0.848. The Kier molecular flexibility index (Phi) is 3.73. The summed E-state index contributed by atoms with van der Waals surface area (Å²) in [6, 6.07) is 19.1. The highest BCUT2D eigenvalue weighted by Gasteiger charge is 2.05. The van der Waals surface area contributed by atoms with Crippen LogP contribution in [0.4, 0.5) is 5.69 Å². The number of imidazole rings is 1. The molecule has 0 radical (unpaired) electrons. The number of aromatic nitrogens is 2. The van der Waals surface area contributed by atoms with Crippen LogP contribution in [0.1, 0.15) is 5.69 Å². The van der Waals surface area contributed by atoms with Gasteiger partial charge in [-0.15, -0.1) is 0 Å². The molecule has 1 aromatic heterocycles. The summed E-state index contributed by atoms with van der Waals surface area (Å²) in [6.45, 7) is 0.848. The molecule has 0 saturated heterocycles. The first-order valence-corrected chi connectivity index (χ1v) is 7.06. The van der Waals surface area contributed by atoms with Crippen molar-refractivity contribution in [2.24, 2.45) is 7.05 Å². The molecular formula is C18H19N3. The van der Waals surface area contributed by atoms with Crippen molar-refractivity contribution in [3.8, 4) is 11.1 Å². The van der Waals surface area contributed by atoms with Crippen molar-refractivity contribution >= 4 is 5.69 Å². The Hall–Kier alpha value is -2.55. The first-order chi connectivity index (χ1) is 10.2. The molecule has 0 unspecified atom stereocenters. The SMILES string of the molecule is CN(Cc1cncn1C)c1ccc(-c2ccccc2)cc1. The molecule has 0 saturated carbocycles. The highest BCUT2D eigenvalue weighted by atomic mass is 15.1. The van der Waals surface area contributed by atoms with Crippen LogP contribution in [0.2, 0.25) is 0 Å². The van der Waals surface area contributed by atoms with Gasteiger partial charge in [0.2, 0.25) is 0 Å². The van der Waals surface area contributed by atoms with Crippen LogP contribution in [0.25, 0.3) is 11.1 Å². The molecule has 106 valence electrons. The summed E-state index contributed by atoms with van der Waals surface area (Å²) >= 11 is 0. The second-order valence-electron chi connectivity index (χ2n) is 5.26.